The highest BCUT2D eigenvalue weighted by Gasteiger charge is 2.33. The number of hydrogen-bond donors (Lipinski definition) is 1. The van der Waals surface area contributed by atoms with E-state index in [0.717, 1.165) is 21.7 Å². The third kappa shape index (κ3) is 8.36. The van der Waals surface area contributed by atoms with E-state index in [-0.39, 0.29) is 34.6 Å². The lowest BCUT2D eigenvalue weighted by atomic mass is 10.0. The van der Waals surface area contributed by atoms with Gasteiger partial charge in [0.05, 0.1) is 11.9 Å². The largest absolute Gasteiger partial charge is 0.355 e. The molecule has 0 aliphatic heterocycles. The topological polar surface area (TPSA) is 86.8 Å². The molecule has 3 rings (SSSR count). The fourth-order valence-electron chi connectivity index (χ4n) is 3.93. The summed E-state index contributed by atoms with van der Waals surface area (Å²) < 4.78 is 26.5. The van der Waals surface area contributed by atoms with Gasteiger partial charge in [0.25, 0.3) is 0 Å². The second-order valence-electron chi connectivity index (χ2n) is 8.65. The van der Waals surface area contributed by atoms with E-state index in [4.69, 9.17) is 34.8 Å². The third-order valence-electron chi connectivity index (χ3n) is 5.70. The van der Waals surface area contributed by atoms with Crippen LogP contribution in [0.2, 0.25) is 15.1 Å². The lowest BCUT2D eigenvalue weighted by Crippen LogP contribution is -2.53. The molecular weight excluding hydrogens is 569 g/mol. The fraction of sp³-hybridized carbons (Fsp3) is 0.259. The highest BCUT2D eigenvalue weighted by atomic mass is 35.5. The molecule has 2 amide bonds. The molecule has 0 spiro atoms. The number of nitrogens with one attached hydrogen (secondary N) is 1. The summed E-state index contributed by atoms with van der Waals surface area (Å²) in [5, 5.41) is 3.77. The molecular formula is C27H28Cl3N3O4S. The molecule has 0 heterocycles. The average Bonchev–Trinajstić information content (AvgIpc) is 2.85. The van der Waals surface area contributed by atoms with E-state index >= 15 is 0 Å². The molecule has 1 N–H and O–H groups in total. The summed E-state index contributed by atoms with van der Waals surface area (Å²) in [5.41, 5.74) is 1.71. The first-order chi connectivity index (χ1) is 18.0. The van der Waals surface area contributed by atoms with Crippen LogP contribution in [0.1, 0.15) is 18.1 Å². The maximum atomic E-state index is 13.9. The Hall–Kier alpha value is -2.78. The number of amides is 2. The Morgan fingerprint density at radius 2 is 1.47 bits per heavy atom. The molecule has 1 atom stereocenters. The van der Waals surface area contributed by atoms with Crippen molar-refractivity contribution in [1.82, 2.24) is 10.2 Å². The van der Waals surface area contributed by atoms with Crippen LogP contribution in [0.5, 0.6) is 0 Å². The van der Waals surface area contributed by atoms with Gasteiger partial charge < -0.3 is 10.2 Å². The number of carbonyl (C=O) groups is 2. The van der Waals surface area contributed by atoms with Crippen molar-refractivity contribution in [2.45, 2.75) is 25.9 Å². The predicted octanol–water partition coefficient (Wildman–Crippen LogP) is 5.19. The molecule has 0 aliphatic carbocycles. The van der Waals surface area contributed by atoms with Crippen molar-refractivity contribution >= 4 is 62.3 Å². The van der Waals surface area contributed by atoms with Crippen molar-refractivity contribution < 1.29 is 18.0 Å². The molecule has 0 bridgehead atoms. The van der Waals surface area contributed by atoms with Crippen molar-refractivity contribution in [1.29, 1.82) is 0 Å². The van der Waals surface area contributed by atoms with Crippen LogP contribution < -0.4 is 9.62 Å². The van der Waals surface area contributed by atoms with Crippen molar-refractivity contribution in [2.75, 3.05) is 23.7 Å². The predicted molar refractivity (Wildman–Crippen MR) is 153 cm³/mol. The summed E-state index contributed by atoms with van der Waals surface area (Å²) in [6, 6.07) is 19.6. The quantitative estimate of drug-likeness (QED) is 0.330. The van der Waals surface area contributed by atoms with E-state index in [0.29, 0.717) is 11.6 Å². The van der Waals surface area contributed by atoms with Crippen molar-refractivity contribution in [3.05, 3.63) is 99.0 Å². The molecule has 0 unspecified atom stereocenters. The van der Waals surface area contributed by atoms with Gasteiger partial charge in [0.15, 0.2) is 0 Å². The Labute approximate surface area is 238 Å². The van der Waals surface area contributed by atoms with Gasteiger partial charge in [-0.3, -0.25) is 13.9 Å². The number of halogens is 3. The van der Waals surface area contributed by atoms with Crippen LogP contribution in [0.3, 0.4) is 0 Å². The summed E-state index contributed by atoms with van der Waals surface area (Å²) in [5.74, 6) is -0.927. The van der Waals surface area contributed by atoms with Gasteiger partial charge in [-0.05, 0) is 48.4 Å². The van der Waals surface area contributed by atoms with E-state index < -0.39 is 28.5 Å². The molecule has 0 saturated carbocycles. The van der Waals surface area contributed by atoms with Crippen molar-refractivity contribution in [2.24, 2.45) is 0 Å². The Bertz CT molecular complexity index is 1350. The Morgan fingerprint density at radius 1 is 0.868 bits per heavy atom. The molecule has 0 radical (unpaired) electrons. The molecule has 0 fully saturated rings. The highest BCUT2D eigenvalue weighted by molar-refractivity contribution is 7.92. The van der Waals surface area contributed by atoms with Crippen LogP contribution in [0, 0.1) is 0 Å². The van der Waals surface area contributed by atoms with E-state index in [1.165, 1.54) is 23.1 Å². The van der Waals surface area contributed by atoms with Crippen LogP contribution >= 0.6 is 34.8 Å². The number of anilines is 1. The molecule has 0 saturated heterocycles. The lowest BCUT2D eigenvalue weighted by molar-refractivity contribution is -0.140. The summed E-state index contributed by atoms with van der Waals surface area (Å²) >= 11 is 18.3. The minimum atomic E-state index is -3.92. The summed E-state index contributed by atoms with van der Waals surface area (Å²) in [6.45, 7) is 1.65. The van der Waals surface area contributed by atoms with Gasteiger partial charge in [0.1, 0.15) is 12.6 Å². The number of likely N-dealkylation sites (N-methyl/N-ethyl adjacent to an activating group) is 1. The van der Waals surface area contributed by atoms with Crippen LogP contribution in [0.25, 0.3) is 0 Å². The van der Waals surface area contributed by atoms with Gasteiger partial charge in [-0.2, -0.15) is 0 Å². The van der Waals surface area contributed by atoms with E-state index in [2.05, 4.69) is 5.32 Å². The number of nitrogens with zero attached hydrogens (tertiary/aromatic N) is 2. The van der Waals surface area contributed by atoms with Crippen molar-refractivity contribution in [3.8, 4) is 0 Å². The summed E-state index contributed by atoms with van der Waals surface area (Å²) in [4.78, 5) is 28.6. The SMILES string of the molecule is CCNC(=O)[C@H](Cc1ccccc1)N(Cc1ccc(Cl)cc1)C(=O)CN(c1cc(Cl)cc(Cl)c1)S(C)(=O)=O. The molecule has 11 heteroatoms. The molecule has 3 aromatic carbocycles. The van der Waals surface area contributed by atoms with E-state index in [1.807, 2.05) is 30.3 Å². The van der Waals surface area contributed by atoms with Crippen LogP contribution in [0.4, 0.5) is 5.69 Å². The van der Waals surface area contributed by atoms with Gasteiger partial charge in [0, 0.05) is 34.6 Å². The van der Waals surface area contributed by atoms with E-state index in [9.17, 15) is 18.0 Å². The number of benzene rings is 3. The molecule has 38 heavy (non-hydrogen) atoms. The zero-order valence-electron chi connectivity index (χ0n) is 20.9. The van der Waals surface area contributed by atoms with Crippen molar-refractivity contribution in [3.63, 3.8) is 0 Å². The van der Waals surface area contributed by atoms with Gasteiger partial charge in [-0.15, -0.1) is 0 Å². The standard InChI is InChI=1S/C27H28Cl3N3O4S/c1-3-31-27(35)25(13-19-7-5-4-6-8-19)32(17-20-9-11-21(28)12-10-20)26(34)18-33(38(2,36)37)24-15-22(29)14-23(30)16-24/h4-12,14-16,25H,3,13,17-18H2,1-2H3,(H,31,35)/t25-/m0/s1. The minimum Gasteiger partial charge on any atom is -0.355 e. The number of rotatable bonds is 11. The van der Waals surface area contributed by atoms with Gasteiger partial charge in [0.2, 0.25) is 21.8 Å². The highest BCUT2D eigenvalue weighted by Crippen LogP contribution is 2.27. The first kappa shape index (κ1) is 29.8. The second-order valence-corrected chi connectivity index (χ2v) is 11.9. The van der Waals surface area contributed by atoms with Gasteiger partial charge in [-0.1, -0.05) is 77.3 Å². The number of sulfonamides is 1. The minimum absolute atomic E-state index is 0.0541. The molecule has 202 valence electrons. The Kier molecular flexibility index (Phi) is 10.4. The first-order valence-electron chi connectivity index (χ1n) is 11.8. The maximum Gasteiger partial charge on any atom is 0.244 e. The Morgan fingerprint density at radius 3 is 2.03 bits per heavy atom. The fourth-order valence-corrected chi connectivity index (χ4v) is 5.40. The van der Waals surface area contributed by atoms with Crippen LogP contribution in [-0.2, 0) is 32.6 Å². The maximum absolute atomic E-state index is 13.9. The molecule has 0 aliphatic rings. The summed E-state index contributed by atoms with van der Waals surface area (Å²) in [7, 11) is -3.92. The van der Waals surface area contributed by atoms with Crippen LogP contribution in [-0.4, -0.2) is 50.5 Å². The lowest BCUT2D eigenvalue weighted by Gasteiger charge is -2.33. The summed E-state index contributed by atoms with van der Waals surface area (Å²) in [6.07, 6.45) is 1.22. The monoisotopic (exact) mass is 595 g/mol. The Balaban J connectivity index is 2.05. The number of carbonyl (C=O) groups excluding carboxylic acids is 2. The van der Waals surface area contributed by atoms with Crippen LogP contribution in [0.15, 0.2) is 72.8 Å². The zero-order valence-corrected chi connectivity index (χ0v) is 24.0. The number of hydrogen-bond acceptors (Lipinski definition) is 4. The molecule has 7 nitrogen and oxygen atoms in total. The smallest absolute Gasteiger partial charge is 0.244 e. The molecule has 3 aromatic rings. The first-order valence-corrected chi connectivity index (χ1v) is 14.8. The second kappa shape index (κ2) is 13.3. The average molecular weight is 597 g/mol. The third-order valence-corrected chi connectivity index (χ3v) is 7.53. The zero-order chi connectivity index (χ0) is 27.9. The van der Waals surface area contributed by atoms with Gasteiger partial charge in [-0.25, -0.2) is 8.42 Å². The normalized spacial score (nSPS) is 12.0. The molecule has 0 aromatic heterocycles. The van der Waals surface area contributed by atoms with E-state index in [1.54, 1.807) is 31.2 Å². The van der Waals surface area contributed by atoms with Gasteiger partial charge >= 0.3 is 0 Å².